The molecule has 21 heavy (non-hydrogen) atoms. The minimum Gasteiger partial charge on any atom is -0.481 e. The fraction of sp³-hybridized carbons (Fsp3) is 0.857. The van der Waals surface area contributed by atoms with Gasteiger partial charge < -0.3 is 20.1 Å². The van der Waals surface area contributed by atoms with Gasteiger partial charge in [-0.25, -0.2) is 4.79 Å². The normalized spacial score (nSPS) is 17.5. The highest BCUT2D eigenvalue weighted by molar-refractivity contribution is 7.99. The number of hydrogen-bond acceptors (Lipinski definition) is 4. The molecule has 1 unspecified atom stereocenters. The molecule has 1 aliphatic heterocycles. The molecule has 1 saturated heterocycles. The average molecular weight is 318 g/mol. The fourth-order valence-electron chi connectivity index (χ4n) is 2.15. The van der Waals surface area contributed by atoms with Crippen molar-refractivity contribution in [3.8, 4) is 0 Å². The number of hydrogen-bond donors (Lipinski definition) is 2. The van der Waals surface area contributed by atoms with E-state index in [4.69, 9.17) is 9.84 Å². The first kappa shape index (κ1) is 18.1. The van der Waals surface area contributed by atoms with Gasteiger partial charge in [0, 0.05) is 24.9 Å². The van der Waals surface area contributed by atoms with Crippen LogP contribution in [0.2, 0.25) is 0 Å². The number of likely N-dealkylation sites (tertiary alicyclic amines) is 1. The summed E-state index contributed by atoms with van der Waals surface area (Å²) in [5.41, 5.74) is 0. The molecule has 0 aromatic carbocycles. The average Bonchev–Trinajstić information content (AvgIpc) is 2.47. The Kier molecular flexibility index (Phi) is 8.52. The number of nitrogens with one attached hydrogen (secondary N) is 1. The van der Waals surface area contributed by atoms with Crippen LogP contribution in [-0.4, -0.2) is 65.9 Å². The number of carbonyl (C=O) groups excluding carboxylic acids is 1. The van der Waals surface area contributed by atoms with Crippen LogP contribution in [0.4, 0.5) is 4.79 Å². The van der Waals surface area contributed by atoms with Gasteiger partial charge in [0.1, 0.15) is 0 Å². The standard InChI is InChI=1S/C14H26N2O4S/c1-11(21-2)3-7-15-14(19)16-8-4-12(5-9-16)20-10-6-13(17)18/h11-12H,3-10H2,1-2H3,(H,15,19)(H,17,18). The summed E-state index contributed by atoms with van der Waals surface area (Å²) in [7, 11) is 0. The zero-order chi connectivity index (χ0) is 15.7. The molecule has 0 aliphatic carbocycles. The Morgan fingerprint density at radius 1 is 1.43 bits per heavy atom. The predicted octanol–water partition coefficient (Wildman–Crippen LogP) is 1.79. The molecule has 0 radical (unpaired) electrons. The lowest BCUT2D eigenvalue weighted by molar-refractivity contribution is -0.138. The van der Waals surface area contributed by atoms with Crippen molar-refractivity contribution < 1.29 is 19.4 Å². The van der Waals surface area contributed by atoms with Gasteiger partial charge in [0.2, 0.25) is 0 Å². The Morgan fingerprint density at radius 2 is 2.10 bits per heavy atom. The number of rotatable bonds is 8. The first-order chi connectivity index (χ1) is 10.0. The smallest absolute Gasteiger partial charge is 0.317 e. The van der Waals surface area contributed by atoms with Crippen LogP contribution in [0.25, 0.3) is 0 Å². The molecule has 1 heterocycles. The molecule has 7 heteroatoms. The molecule has 2 N–H and O–H groups in total. The van der Waals surface area contributed by atoms with Crippen LogP contribution in [0.15, 0.2) is 0 Å². The van der Waals surface area contributed by atoms with Crippen molar-refractivity contribution in [3.63, 3.8) is 0 Å². The summed E-state index contributed by atoms with van der Waals surface area (Å²) in [6.07, 6.45) is 4.70. The van der Waals surface area contributed by atoms with Crippen molar-refractivity contribution in [1.29, 1.82) is 0 Å². The van der Waals surface area contributed by atoms with Gasteiger partial charge in [-0.1, -0.05) is 6.92 Å². The van der Waals surface area contributed by atoms with E-state index in [9.17, 15) is 9.59 Å². The Morgan fingerprint density at radius 3 is 2.67 bits per heavy atom. The summed E-state index contributed by atoms with van der Waals surface area (Å²) in [6, 6.07) is -0.00714. The molecule has 0 saturated carbocycles. The highest BCUT2D eigenvalue weighted by atomic mass is 32.2. The van der Waals surface area contributed by atoms with E-state index in [1.807, 2.05) is 0 Å². The van der Waals surface area contributed by atoms with Gasteiger partial charge >= 0.3 is 12.0 Å². The first-order valence-electron chi connectivity index (χ1n) is 7.42. The van der Waals surface area contributed by atoms with E-state index in [2.05, 4.69) is 18.5 Å². The second-order valence-corrected chi connectivity index (χ2v) is 6.54. The van der Waals surface area contributed by atoms with Crippen LogP contribution in [-0.2, 0) is 9.53 Å². The van der Waals surface area contributed by atoms with Gasteiger partial charge in [-0.05, 0) is 25.5 Å². The predicted molar refractivity (Wildman–Crippen MR) is 83.8 cm³/mol. The second kappa shape index (κ2) is 9.89. The van der Waals surface area contributed by atoms with E-state index in [0.717, 1.165) is 19.3 Å². The summed E-state index contributed by atoms with van der Waals surface area (Å²) in [6.45, 7) is 4.44. The van der Waals surface area contributed by atoms with Crippen molar-refractivity contribution in [2.24, 2.45) is 0 Å². The lowest BCUT2D eigenvalue weighted by Crippen LogP contribution is -2.46. The van der Waals surface area contributed by atoms with Crippen LogP contribution in [0.3, 0.4) is 0 Å². The molecule has 2 amide bonds. The van der Waals surface area contributed by atoms with Crippen LogP contribution >= 0.6 is 11.8 Å². The summed E-state index contributed by atoms with van der Waals surface area (Å²) >= 11 is 1.80. The maximum absolute atomic E-state index is 12.0. The monoisotopic (exact) mass is 318 g/mol. The number of urea groups is 1. The van der Waals surface area contributed by atoms with Crippen LogP contribution < -0.4 is 5.32 Å². The van der Waals surface area contributed by atoms with E-state index in [1.165, 1.54) is 0 Å². The van der Waals surface area contributed by atoms with Gasteiger partial charge in [0.15, 0.2) is 0 Å². The Hall–Kier alpha value is -0.950. The van der Waals surface area contributed by atoms with Crippen molar-refractivity contribution in [2.45, 2.75) is 44.0 Å². The third-order valence-corrected chi connectivity index (χ3v) is 4.67. The van der Waals surface area contributed by atoms with Gasteiger partial charge in [-0.2, -0.15) is 11.8 Å². The number of nitrogens with zero attached hydrogens (tertiary/aromatic N) is 1. The number of amides is 2. The molecule has 122 valence electrons. The fourth-order valence-corrected chi connectivity index (χ4v) is 2.50. The molecular weight excluding hydrogens is 292 g/mol. The second-order valence-electron chi connectivity index (χ2n) is 5.27. The number of carboxylic acid groups (broad SMARTS) is 1. The highest BCUT2D eigenvalue weighted by Gasteiger charge is 2.23. The number of piperidine rings is 1. The van der Waals surface area contributed by atoms with Crippen molar-refractivity contribution >= 4 is 23.8 Å². The Bertz CT molecular complexity index is 333. The summed E-state index contributed by atoms with van der Waals surface area (Å²) < 4.78 is 5.51. The molecule has 0 aromatic heterocycles. The SMILES string of the molecule is CSC(C)CCNC(=O)N1CCC(OCCC(=O)O)CC1. The molecule has 0 spiro atoms. The zero-order valence-electron chi connectivity index (χ0n) is 12.8. The third kappa shape index (κ3) is 7.57. The summed E-state index contributed by atoms with van der Waals surface area (Å²) in [5, 5.41) is 12.1. The van der Waals surface area contributed by atoms with Gasteiger partial charge in [0.05, 0.1) is 19.1 Å². The summed E-state index contributed by atoms with van der Waals surface area (Å²) in [5.74, 6) is -0.841. The highest BCUT2D eigenvalue weighted by Crippen LogP contribution is 2.14. The molecular formula is C14H26N2O4S. The lowest BCUT2D eigenvalue weighted by Gasteiger charge is -2.32. The van der Waals surface area contributed by atoms with E-state index < -0.39 is 5.97 Å². The van der Waals surface area contributed by atoms with Gasteiger partial charge in [-0.3, -0.25) is 4.79 Å². The minimum absolute atomic E-state index is 0.00714. The molecule has 6 nitrogen and oxygen atoms in total. The van der Waals surface area contributed by atoms with E-state index >= 15 is 0 Å². The largest absolute Gasteiger partial charge is 0.481 e. The number of carboxylic acids is 1. The van der Waals surface area contributed by atoms with E-state index in [0.29, 0.717) is 24.9 Å². The molecule has 1 aliphatic rings. The molecule has 1 rings (SSSR count). The number of aliphatic carboxylic acids is 1. The lowest BCUT2D eigenvalue weighted by atomic mass is 10.1. The molecule has 1 atom stereocenters. The molecule has 0 bridgehead atoms. The molecule has 0 aromatic rings. The maximum Gasteiger partial charge on any atom is 0.317 e. The topological polar surface area (TPSA) is 78.9 Å². The van der Waals surface area contributed by atoms with Gasteiger partial charge in [0.25, 0.3) is 0 Å². The summed E-state index contributed by atoms with van der Waals surface area (Å²) in [4.78, 5) is 24.2. The van der Waals surface area contributed by atoms with Gasteiger partial charge in [-0.15, -0.1) is 0 Å². The minimum atomic E-state index is -0.841. The van der Waals surface area contributed by atoms with Crippen LogP contribution in [0.5, 0.6) is 0 Å². The number of thioether (sulfide) groups is 1. The van der Waals surface area contributed by atoms with E-state index in [1.54, 1.807) is 16.7 Å². The van der Waals surface area contributed by atoms with Crippen LogP contribution in [0.1, 0.15) is 32.6 Å². The van der Waals surface area contributed by atoms with Crippen molar-refractivity contribution in [3.05, 3.63) is 0 Å². The Labute approximate surface area is 130 Å². The van der Waals surface area contributed by atoms with Crippen molar-refractivity contribution in [2.75, 3.05) is 32.5 Å². The Balaban J connectivity index is 2.14. The zero-order valence-corrected chi connectivity index (χ0v) is 13.7. The number of carbonyl (C=O) groups is 2. The number of ether oxygens (including phenoxy) is 1. The van der Waals surface area contributed by atoms with Crippen molar-refractivity contribution in [1.82, 2.24) is 10.2 Å². The van der Waals surface area contributed by atoms with E-state index in [-0.39, 0.29) is 25.2 Å². The quantitative estimate of drug-likeness (QED) is 0.713. The third-order valence-electron chi connectivity index (χ3n) is 3.63. The van der Waals surface area contributed by atoms with Crippen LogP contribution in [0, 0.1) is 0 Å². The maximum atomic E-state index is 12.0. The first-order valence-corrected chi connectivity index (χ1v) is 8.70. The molecule has 1 fully saturated rings.